The zero-order chi connectivity index (χ0) is 13.5. The first-order valence-corrected chi connectivity index (χ1v) is 6.49. The Kier molecular flexibility index (Phi) is 4.73. The van der Waals surface area contributed by atoms with Crippen molar-refractivity contribution in [3.05, 3.63) is 65.7 Å². The molecule has 0 aliphatic carbocycles. The molecule has 0 saturated heterocycles. The molecule has 0 N–H and O–H groups in total. The predicted octanol–water partition coefficient (Wildman–Crippen LogP) is 3.64. The van der Waals surface area contributed by atoms with Gasteiger partial charge in [-0.1, -0.05) is 42.5 Å². The van der Waals surface area contributed by atoms with Gasteiger partial charge in [0, 0.05) is 6.42 Å². The van der Waals surface area contributed by atoms with Crippen LogP contribution in [0.2, 0.25) is 0 Å². The molecule has 19 heavy (non-hydrogen) atoms. The van der Waals surface area contributed by atoms with Crippen LogP contribution < -0.4 is 4.74 Å². The minimum Gasteiger partial charge on any atom is -0.493 e. The standard InChI is InChI=1S/C17H18O2/c1-14(18)11-12-19-17-9-7-16(8-10-17)13-15-5-3-2-4-6-15/h2-10H,11-13H2,1H3. The van der Waals surface area contributed by atoms with E-state index in [0.717, 1.165) is 12.2 Å². The van der Waals surface area contributed by atoms with Gasteiger partial charge in [0.05, 0.1) is 6.61 Å². The van der Waals surface area contributed by atoms with Gasteiger partial charge in [0.2, 0.25) is 0 Å². The Morgan fingerprint density at radius 2 is 1.58 bits per heavy atom. The third kappa shape index (κ3) is 4.59. The van der Waals surface area contributed by atoms with Gasteiger partial charge in [0.15, 0.2) is 0 Å². The molecule has 2 heteroatoms. The third-order valence-corrected chi connectivity index (χ3v) is 2.90. The number of ether oxygens (including phenoxy) is 1. The first-order chi connectivity index (χ1) is 9.24. The Morgan fingerprint density at radius 1 is 0.947 bits per heavy atom. The highest BCUT2D eigenvalue weighted by molar-refractivity contribution is 5.75. The lowest BCUT2D eigenvalue weighted by molar-refractivity contribution is -0.117. The summed E-state index contributed by atoms with van der Waals surface area (Å²) in [5, 5.41) is 0. The molecular weight excluding hydrogens is 236 g/mol. The minimum absolute atomic E-state index is 0.153. The topological polar surface area (TPSA) is 26.3 Å². The molecule has 0 aliphatic heterocycles. The molecule has 0 radical (unpaired) electrons. The lowest BCUT2D eigenvalue weighted by Gasteiger charge is -2.06. The van der Waals surface area contributed by atoms with Crippen LogP contribution in [0.25, 0.3) is 0 Å². The Balaban J connectivity index is 1.89. The first-order valence-electron chi connectivity index (χ1n) is 6.49. The molecule has 0 amide bonds. The van der Waals surface area contributed by atoms with Gasteiger partial charge in [0.1, 0.15) is 11.5 Å². The number of hydrogen-bond donors (Lipinski definition) is 0. The van der Waals surface area contributed by atoms with Crippen LogP contribution in [0.15, 0.2) is 54.6 Å². The second-order valence-corrected chi connectivity index (χ2v) is 4.61. The SMILES string of the molecule is CC(=O)CCOc1ccc(Cc2ccccc2)cc1. The largest absolute Gasteiger partial charge is 0.493 e. The molecule has 0 aromatic heterocycles. The zero-order valence-corrected chi connectivity index (χ0v) is 11.1. The summed E-state index contributed by atoms with van der Waals surface area (Å²) < 4.78 is 5.50. The molecule has 0 saturated carbocycles. The Hall–Kier alpha value is -2.09. The van der Waals surface area contributed by atoms with Crippen LogP contribution in [-0.4, -0.2) is 12.4 Å². The van der Waals surface area contributed by atoms with E-state index in [4.69, 9.17) is 4.74 Å². The van der Waals surface area contributed by atoms with Gasteiger partial charge < -0.3 is 4.74 Å². The zero-order valence-electron chi connectivity index (χ0n) is 11.1. The summed E-state index contributed by atoms with van der Waals surface area (Å²) >= 11 is 0. The van der Waals surface area contributed by atoms with Crippen molar-refractivity contribution in [1.82, 2.24) is 0 Å². The first kappa shape index (κ1) is 13.3. The Morgan fingerprint density at radius 3 is 2.21 bits per heavy atom. The number of Topliss-reactive ketones (excluding diaryl/α,β-unsaturated/α-hetero) is 1. The van der Waals surface area contributed by atoms with Crippen molar-refractivity contribution in [2.75, 3.05) is 6.61 Å². The van der Waals surface area contributed by atoms with Gasteiger partial charge >= 0.3 is 0 Å². The molecule has 2 aromatic rings. The molecule has 0 fully saturated rings. The van der Waals surface area contributed by atoms with E-state index in [-0.39, 0.29) is 5.78 Å². The lowest BCUT2D eigenvalue weighted by atomic mass is 10.1. The van der Waals surface area contributed by atoms with Crippen LogP contribution in [0.5, 0.6) is 5.75 Å². The van der Waals surface area contributed by atoms with E-state index in [1.165, 1.54) is 11.1 Å². The van der Waals surface area contributed by atoms with E-state index >= 15 is 0 Å². The molecule has 0 atom stereocenters. The van der Waals surface area contributed by atoms with Crippen LogP contribution in [0.3, 0.4) is 0 Å². The van der Waals surface area contributed by atoms with Gasteiger partial charge in [-0.15, -0.1) is 0 Å². The number of benzene rings is 2. The molecule has 2 rings (SSSR count). The average molecular weight is 254 g/mol. The average Bonchev–Trinajstić information content (AvgIpc) is 2.42. The van der Waals surface area contributed by atoms with Crippen LogP contribution in [0.4, 0.5) is 0 Å². The number of carbonyl (C=O) groups is 1. The third-order valence-electron chi connectivity index (χ3n) is 2.90. The van der Waals surface area contributed by atoms with E-state index in [1.54, 1.807) is 6.92 Å². The number of rotatable bonds is 6. The van der Waals surface area contributed by atoms with Gasteiger partial charge in [-0.2, -0.15) is 0 Å². The molecule has 0 unspecified atom stereocenters. The Bertz CT molecular complexity index is 515. The fourth-order valence-corrected chi connectivity index (χ4v) is 1.85. The fraction of sp³-hybridized carbons (Fsp3) is 0.235. The van der Waals surface area contributed by atoms with E-state index in [0.29, 0.717) is 13.0 Å². The quantitative estimate of drug-likeness (QED) is 0.786. The number of hydrogen-bond acceptors (Lipinski definition) is 2. The molecule has 2 nitrogen and oxygen atoms in total. The summed E-state index contributed by atoms with van der Waals surface area (Å²) in [5.41, 5.74) is 2.55. The van der Waals surface area contributed by atoms with Crippen LogP contribution >= 0.6 is 0 Å². The molecule has 0 bridgehead atoms. The predicted molar refractivity (Wildman–Crippen MR) is 76.5 cm³/mol. The van der Waals surface area contributed by atoms with Crippen molar-refractivity contribution < 1.29 is 9.53 Å². The maximum atomic E-state index is 10.8. The highest BCUT2D eigenvalue weighted by Gasteiger charge is 1.99. The monoisotopic (exact) mass is 254 g/mol. The molecule has 98 valence electrons. The highest BCUT2D eigenvalue weighted by atomic mass is 16.5. The molecule has 2 aromatic carbocycles. The Labute approximate surface area is 114 Å². The normalized spacial score (nSPS) is 10.2. The van der Waals surface area contributed by atoms with Crippen LogP contribution in [0, 0.1) is 0 Å². The van der Waals surface area contributed by atoms with Crippen molar-refractivity contribution in [3.63, 3.8) is 0 Å². The molecule has 0 heterocycles. The van der Waals surface area contributed by atoms with E-state index in [9.17, 15) is 4.79 Å². The van der Waals surface area contributed by atoms with Crippen LogP contribution in [0.1, 0.15) is 24.5 Å². The maximum Gasteiger partial charge on any atom is 0.133 e. The fourth-order valence-electron chi connectivity index (χ4n) is 1.85. The number of ketones is 1. The molecule has 0 aliphatic rings. The van der Waals surface area contributed by atoms with Crippen molar-refractivity contribution >= 4 is 5.78 Å². The van der Waals surface area contributed by atoms with Crippen LogP contribution in [-0.2, 0) is 11.2 Å². The van der Waals surface area contributed by atoms with Gasteiger partial charge in [-0.3, -0.25) is 4.79 Å². The summed E-state index contributed by atoms with van der Waals surface area (Å²) in [6.07, 6.45) is 1.39. The minimum atomic E-state index is 0.153. The maximum absolute atomic E-state index is 10.8. The van der Waals surface area contributed by atoms with Crippen molar-refractivity contribution in [2.45, 2.75) is 19.8 Å². The summed E-state index contributed by atoms with van der Waals surface area (Å²) in [4.78, 5) is 10.8. The van der Waals surface area contributed by atoms with Crippen molar-refractivity contribution in [3.8, 4) is 5.75 Å². The van der Waals surface area contributed by atoms with Gasteiger partial charge in [-0.25, -0.2) is 0 Å². The summed E-state index contributed by atoms with van der Waals surface area (Å²) in [7, 11) is 0. The smallest absolute Gasteiger partial charge is 0.133 e. The highest BCUT2D eigenvalue weighted by Crippen LogP contribution is 2.15. The molecule has 0 spiro atoms. The van der Waals surface area contributed by atoms with E-state index in [2.05, 4.69) is 36.4 Å². The lowest BCUT2D eigenvalue weighted by Crippen LogP contribution is -2.02. The second-order valence-electron chi connectivity index (χ2n) is 4.61. The van der Waals surface area contributed by atoms with E-state index < -0.39 is 0 Å². The van der Waals surface area contributed by atoms with Gasteiger partial charge in [-0.05, 0) is 36.6 Å². The second kappa shape index (κ2) is 6.74. The van der Waals surface area contributed by atoms with Crippen molar-refractivity contribution in [2.24, 2.45) is 0 Å². The summed E-state index contributed by atoms with van der Waals surface area (Å²) in [6.45, 7) is 2.03. The summed E-state index contributed by atoms with van der Waals surface area (Å²) in [5.74, 6) is 0.971. The van der Waals surface area contributed by atoms with E-state index in [1.807, 2.05) is 18.2 Å². The molecular formula is C17H18O2. The van der Waals surface area contributed by atoms with Crippen molar-refractivity contribution in [1.29, 1.82) is 0 Å². The number of carbonyl (C=O) groups excluding carboxylic acids is 1. The summed E-state index contributed by atoms with van der Waals surface area (Å²) in [6, 6.07) is 18.4. The van der Waals surface area contributed by atoms with Gasteiger partial charge in [0.25, 0.3) is 0 Å².